The van der Waals surface area contributed by atoms with E-state index in [4.69, 9.17) is 11.6 Å². The van der Waals surface area contributed by atoms with Crippen molar-refractivity contribution in [1.29, 1.82) is 0 Å². The Hall–Kier alpha value is -1.66. The fourth-order valence-corrected chi connectivity index (χ4v) is 4.84. The van der Waals surface area contributed by atoms with E-state index in [0.717, 1.165) is 21.4 Å². The minimum absolute atomic E-state index is 0.145. The van der Waals surface area contributed by atoms with Crippen LogP contribution in [0.4, 0.5) is 5.69 Å². The highest BCUT2D eigenvalue weighted by Crippen LogP contribution is 2.52. The molecule has 7 heteroatoms. The Morgan fingerprint density at radius 2 is 1.84 bits per heavy atom. The van der Waals surface area contributed by atoms with Crippen LogP contribution in [0.3, 0.4) is 0 Å². The smallest absolute Gasteiger partial charge is 0.244 e. The molecule has 25 heavy (non-hydrogen) atoms. The average Bonchev–Trinajstić information content (AvgIpc) is 3.25. The Bertz CT molecular complexity index is 808. The van der Waals surface area contributed by atoms with E-state index in [9.17, 15) is 14.4 Å². The number of likely N-dealkylation sites (tertiary alicyclic amines) is 1. The van der Waals surface area contributed by atoms with Crippen LogP contribution in [0.1, 0.15) is 12.0 Å². The molecule has 2 bridgehead atoms. The molecular formula is C18H16BrClN2O3. The van der Waals surface area contributed by atoms with E-state index in [0.29, 0.717) is 10.7 Å². The van der Waals surface area contributed by atoms with Crippen molar-refractivity contribution in [3.05, 3.63) is 39.3 Å². The maximum atomic E-state index is 12.6. The van der Waals surface area contributed by atoms with Crippen molar-refractivity contribution >= 4 is 50.9 Å². The summed E-state index contributed by atoms with van der Waals surface area (Å²) < 4.78 is 0.741. The Morgan fingerprint density at radius 1 is 1.24 bits per heavy atom. The summed E-state index contributed by atoms with van der Waals surface area (Å²) in [5.41, 5.74) is 1.29. The summed E-state index contributed by atoms with van der Waals surface area (Å²) in [7, 11) is 0. The van der Waals surface area contributed by atoms with Crippen LogP contribution < -0.4 is 5.32 Å². The summed E-state index contributed by atoms with van der Waals surface area (Å²) in [4.78, 5) is 38.7. The van der Waals surface area contributed by atoms with Crippen LogP contribution in [-0.2, 0) is 14.4 Å². The van der Waals surface area contributed by atoms with Crippen molar-refractivity contribution < 1.29 is 14.4 Å². The number of hydrogen-bond donors (Lipinski definition) is 1. The summed E-state index contributed by atoms with van der Waals surface area (Å²) in [5, 5.41) is 3.26. The van der Waals surface area contributed by atoms with Crippen LogP contribution in [0.15, 0.2) is 28.8 Å². The molecular weight excluding hydrogens is 408 g/mol. The molecule has 0 aromatic heterocycles. The van der Waals surface area contributed by atoms with Gasteiger partial charge >= 0.3 is 0 Å². The van der Waals surface area contributed by atoms with Gasteiger partial charge in [0, 0.05) is 10.2 Å². The number of nitrogens with zero attached hydrogens (tertiary/aromatic N) is 1. The number of fused-ring (bicyclic) bond motifs is 5. The molecule has 1 saturated carbocycles. The second kappa shape index (κ2) is 5.95. The molecule has 2 fully saturated rings. The molecule has 1 aromatic carbocycles. The first-order chi connectivity index (χ1) is 11.9. The predicted octanol–water partition coefficient (Wildman–Crippen LogP) is 3.16. The quantitative estimate of drug-likeness (QED) is 0.600. The number of hydrogen-bond acceptors (Lipinski definition) is 3. The zero-order valence-electron chi connectivity index (χ0n) is 13.5. The number of rotatable bonds is 3. The number of carbonyl (C=O) groups excluding carboxylic acids is 3. The molecule has 2 aliphatic carbocycles. The maximum absolute atomic E-state index is 12.6. The van der Waals surface area contributed by atoms with Crippen molar-refractivity contribution in [2.75, 3.05) is 11.9 Å². The summed E-state index contributed by atoms with van der Waals surface area (Å²) in [6.45, 7) is 1.54. The topological polar surface area (TPSA) is 66.5 Å². The van der Waals surface area contributed by atoms with Crippen LogP contribution in [0.25, 0.3) is 0 Å². The minimum Gasteiger partial charge on any atom is -0.324 e. The van der Waals surface area contributed by atoms with Crippen LogP contribution in [-0.4, -0.2) is 29.2 Å². The Labute approximate surface area is 158 Å². The van der Waals surface area contributed by atoms with Crippen molar-refractivity contribution in [3.8, 4) is 0 Å². The first-order valence-electron chi connectivity index (χ1n) is 8.16. The number of carbonyl (C=O) groups is 3. The molecule has 1 aliphatic heterocycles. The summed E-state index contributed by atoms with van der Waals surface area (Å²) in [6, 6.07) is 3.47. The summed E-state index contributed by atoms with van der Waals surface area (Å²) in [6.07, 6.45) is 4.95. The first-order valence-corrected chi connectivity index (χ1v) is 9.33. The van der Waals surface area contributed by atoms with Crippen LogP contribution in [0.2, 0.25) is 5.02 Å². The largest absolute Gasteiger partial charge is 0.324 e. The van der Waals surface area contributed by atoms with Crippen molar-refractivity contribution in [3.63, 3.8) is 0 Å². The number of halogens is 2. The molecule has 0 unspecified atom stereocenters. The predicted molar refractivity (Wildman–Crippen MR) is 97.0 cm³/mol. The van der Waals surface area contributed by atoms with Gasteiger partial charge in [-0.15, -0.1) is 0 Å². The molecule has 4 rings (SSSR count). The molecule has 1 saturated heterocycles. The monoisotopic (exact) mass is 422 g/mol. The number of imide groups is 1. The van der Waals surface area contributed by atoms with Crippen molar-refractivity contribution in [2.45, 2.75) is 13.3 Å². The second-order valence-corrected chi connectivity index (χ2v) is 8.08. The Kier molecular flexibility index (Phi) is 4.00. The molecule has 0 radical (unpaired) electrons. The SMILES string of the molecule is Cc1c(NC(=O)CN2C(=O)[C@@H]3[C@H](C2=O)[C@@H]2C=C[C@H]3C2)ccc(Br)c1Cl. The molecule has 3 amide bonds. The number of benzene rings is 1. The lowest BCUT2D eigenvalue weighted by Gasteiger charge is -2.17. The van der Waals surface area contributed by atoms with Gasteiger partial charge in [0.25, 0.3) is 0 Å². The van der Waals surface area contributed by atoms with Gasteiger partial charge < -0.3 is 5.32 Å². The molecule has 4 atom stereocenters. The molecule has 3 aliphatic rings. The fourth-order valence-electron chi connectivity index (χ4n) is 4.24. The Balaban J connectivity index is 1.48. The molecule has 130 valence electrons. The van der Waals surface area contributed by atoms with Crippen molar-refractivity contribution in [1.82, 2.24) is 4.90 Å². The molecule has 1 aromatic rings. The average molecular weight is 424 g/mol. The molecule has 1 heterocycles. The van der Waals surface area contributed by atoms with Crippen LogP contribution in [0, 0.1) is 30.6 Å². The number of allylic oxidation sites excluding steroid dienone is 2. The van der Waals surface area contributed by atoms with Gasteiger partial charge in [0.05, 0.1) is 16.9 Å². The highest BCUT2D eigenvalue weighted by molar-refractivity contribution is 9.10. The number of nitrogens with one attached hydrogen (secondary N) is 1. The van der Waals surface area contributed by atoms with Gasteiger partial charge in [-0.25, -0.2) is 0 Å². The molecule has 5 nitrogen and oxygen atoms in total. The zero-order valence-corrected chi connectivity index (χ0v) is 15.8. The third kappa shape index (κ3) is 2.54. The van der Waals surface area contributed by atoms with Crippen LogP contribution >= 0.6 is 27.5 Å². The van der Waals surface area contributed by atoms with Gasteiger partial charge in [-0.05, 0) is 58.8 Å². The highest BCUT2D eigenvalue weighted by Gasteiger charge is 2.59. The third-order valence-corrected chi connectivity index (χ3v) is 6.85. The molecule has 1 N–H and O–H groups in total. The second-order valence-electron chi connectivity index (χ2n) is 6.84. The highest BCUT2D eigenvalue weighted by atomic mass is 79.9. The fraction of sp³-hybridized carbons (Fsp3) is 0.389. The standard InChI is InChI=1S/C18H16BrClN2O3/c1-8-12(5-4-11(19)16(8)20)21-13(23)7-22-17(24)14-9-2-3-10(6-9)15(14)18(22)25/h2-5,9-10,14-15H,6-7H2,1H3,(H,21,23)/t9-,10+,14-,15+. The zero-order chi connectivity index (χ0) is 17.9. The van der Waals surface area contributed by atoms with Crippen LogP contribution in [0.5, 0.6) is 0 Å². The van der Waals surface area contributed by atoms with E-state index in [1.165, 1.54) is 0 Å². The summed E-state index contributed by atoms with van der Waals surface area (Å²) in [5.74, 6) is -1.10. The van der Waals surface area contributed by atoms with Gasteiger partial charge in [-0.2, -0.15) is 0 Å². The van der Waals surface area contributed by atoms with Gasteiger partial charge in [-0.3, -0.25) is 19.3 Å². The normalized spacial score (nSPS) is 29.5. The van der Waals surface area contributed by atoms with E-state index >= 15 is 0 Å². The van der Waals surface area contributed by atoms with E-state index in [1.807, 2.05) is 12.2 Å². The maximum Gasteiger partial charge on any atom is 0.244 e. The lowest BCUT2D eigenvalue weighted by Crippen LogP contribution is -2.39. The minimum atomic E-state index is -0.400. The van der Waals surface area contributed by atoms with E-state index in [1.54, 1.807) is 19.1 Å². The van der Waals surface area contributed by atoms with Gasteiger partial charge in [0.15, 0.2) is 0 Å². The first kappa shape index (κ1) is 16.8. The molecule has 0 spiro atoms. The van der Waals surface area contributed by atoms with Crippen molar-refractivity contribution in [2.24, 2.45) is 23.7 Å². The lowest BCUT2D eigenvalue weighted by molar-refractivity contribution is -0.143. The van der Waals surface area contributed by atoms with Gasteiger partial charge in [-0.1, -0.05) is 23.8 Å². The van der Waals surface area contributed by atoms with E-state index in [-0.39, 0.29) is 42.0 Å². The Morgan fingerprint density at radius 3 is 2.44 bits per heavy atom. The van der Waals surface area contributed by atoms with E-state index < -0.39 is 5.91 Å². The van der Waals surface area contributed by atoms with E-state index in [2.05, 4.69) is 21.2 Å². The van der Waals surface area contributed by atoms with Gasteiger partial charge in [0.1, 0.15) is 6.54 Å². The number of anilines is 1. The van der Waals surface area contributed by atoms with Gasteiger partial charge in [0.2, 0.25) is 17.7 Å². The number of amides is 3. The lowest BCUT2D eigenvalue weighted by atomic mass is 9.85. The summed E-state index contributed by atoms with van der Waals surface area (Å²) >= 11 is 9.49. The third-order valence-electron chi connectivity index (χ3n) is 5.48.